The van der Waals surface area contributed by atoms with Crippen LogP contribution in [0.2, 0.25) is 0 Å². The average Bonchev–Trinajstić information content (AvgIpc) is 2.42. The Kier molecular flexibility index (Phi) is 7.21. The second kappa shape index (κ2) is 7.94. The summed E-state index contributed by atoms with van der Waals surface area (Å²) in [6.45, 7) is 8.65. The Morgan fingerprint density at radius 2 is 1.90 bits per heavy atom. The summed E-state index contributed by atoms with van der Waals surface area (Å²) in [5, 5.41) is 13.2. The Balaban J connectivity index is 0.00000200. The van der Waals surface area contributed by atoms with E-state index in [0.29, 0.717) is 0 Å². The van der Waals surface area contributed by atoms with Crippen molar-refractivity contribution in [2.45, 2.75) is 19.9 Å². The highest BCUT2D eigenvalue weighted by molar-refractivity contribution is 14.1. The van der Waals surface area contributed by atoms with Crippen LogP contribution in [0.1, 0.15) is 25.5 Å². The summed E-state index contributed by atoms with van der Waals surface area (Å²) in [5.74, 6) is 0. The number of piperazine rings is 1. The van der Waals surface area contributed by atoms with Gasteiger partial charge < -0.3 is 10.4 Å². The highest BCUT2D eigenvalue weighted by Gasteiger charge is 2.36. The largest absolute Gasteiger partial charge is 0.396 e. The van der Waals surface area contributed by atoms with E-state index in [1.807, 2.05) is 0 Å². The number of hydrogen-bond acceptors (Lipinski definition) is 3. The summed E-state index contributed by atoms with van der Waals surface area (Å²) in [6, 6.07) is 8.80. The molecule has 0 spiro atoms. The number of nitrogens with one attached hydrogen (secondary N) is 1. The van der Waals surface area contributed by atoms with Crippen molar-refractivity contribution in [2.75, 3.05) is 32.8 Å². The van der Waals surface area contributed by atoms with Gasteiger partial charge >= 0.3 is 0 Å². The van der Waals surface area contributed by atoms with E-state index in [9.17, 15) is 5.11 Å². The lowest BCUT2D eigenvalue weighted by atomic mass is 9.80. The van der Waals surface area contributed by atoms with Crippen molar-refractivity contribution in [3.8, 4) is 0 Å². The molecule has 1 aliphatic heterocycles. The standard InChI is InChI=1S/C15H23IN2O.ClH/c1-15(2,11-19)14(18-9-7-17-8-10-18)12-5-3-4-6-13(12)16;/h3-6,14,17,19H,7-11H2,1-2H3;1H/t14-;/m1./s1. The van der Waals surface area contributed by atoms with Gasteiger partial charge in [-0.05, 0) is 34.2 Å². The van der Waals surface area contributed by atoms with E-state index < -0.39 is 0 Å². The van der Waals surface area contributed by atoms with Crippen molar-refractivity contribution in [3.05, 3.63) is 33.4 Å². The number of aliphatic hydroxyl groups is 1. The zero-order valence-corrected chi connectivity index (χ0v) is 15.1. The monoisotopic (exact) mass is 410 g/mol. The first-order valence-electron chi connectivity index (χ1n) is 6.86. The molecule has 1 aromatic rings. The van der Waals surface area contributed by atoms with Gasteiger partial charge in [0, 0.05) is 47.8 Å². The van der Waals surface area contributed by atoms with Crippen LogP contribution in [0.5, 0.6) is 0 Å². The maximum absolute atomic E-state index is 9.80. The molecule has 0 unspecified atom stereocenters. The molecule has 5 heteroatoms. The molecule has 0 bridgehead atoms. The minimum absolute atomic E-state index is 0. The fourth-order valence-electron chi connectivity index (χ4n) is 2.84. The summed E-state index contributed by atoms with van der Waals surface area (Å²) in [4.78, 5) is 2.50. The molecule has 0 aromatic heterocycles. The highest BCUT2D eigenvalue weighted by Crippen LogP contribution is 2.39. The molecule has 1 fully saturated rings. The average molecular weight is 411 g/mol. The number of benzene rings is 1. The number of aliphatic hydroxyl groups excluding tert-OH is 1. The van der Waals surface area contributed by atoms with Crippen LogP contribution in [-0.4, -0.2) is 42.8 Å². The van der Waals surface area contributed by atoms with Gasteiger partial charge in [0.15, 0.2) is 0 Å². The number of hydrogen-bond donors (Lipinski definition) is 2. The predicted molar refractivity (Wildman–Crippen MR) is 94.5 cm³/mol. The van der Waals surface area contributed by atoms with E-state index in [1.54, 1.807) is 0 Å². The normalized spacial score (nSPS) is 18.4. The van der Waals surface area contributed by atoms with Crippen LogP contribution >= 0.6 is 35.0 Å². The summed E-state index contributed by atoms with van der Waals surface area (Å²) >= 11 is 2.40. The fraction of sp³-hybridized carbons (Fsp3) is 0.600. The third-order valence-corrected chi connectivity index (χ3v) is 4.85. The van der Waals surface area contributed by atoms with E-state index in [0.717, 1.165) is 26.2 Å². The zero-order valence-electron chi connectivity index (χ0n) is 12.1. The highest BCUT2D eigenvalue weighted by atomic mass is 127. The first kappa shape index (κ1) is 18.2. The number of nitrogens with zero attached hydrogens (tertiary/aromatic N) is 1. The third kappa shape index (κ3) is 4.07. The molecule has 2 N–H and O–H groups in total. The molecule has 1 heterocycles. The van der Waals surface area contributed by atoms with Crippen molar-refractivity contribution >= 4 is 35.0 Å². The van der Waals surface area contributed by atoms with Crippen molar-refractivity contribution < 1.29 is 5.11 Å². The van der Waals surface area contributed by atoms with Gasteiger partial charge in [-0.3, -0.25) is 4.90 Å². The molecule has 114 valence electrons. The molecule has 1 aromatic carbocycles. The topological polar surface area (TPSA) is 35.5 Å². The number of halogens is 2. The van der Waals surface area contributed by atoms with E-state index in [2.05, 4.69) is 70.9 Å². The van der Waals surface area contributed by atoms with E-state index in [4.69, 9.17) is 0 Å². The zero-order chi connectivity index (χ0) is 13.9. The maximum atomic E-state index is 9.80. The van der Waals surface area contributed by atoms with Crippen LogP contribution in [0, 0.1) is 8.99 Å². The molecule has 0 saturated carbocycles. The Bertz CT molecular complexity index is 422. The van der Waals surface area contributed by atoms with Crippen LogP contribution in [0.15, 0.2) is 24.3 Å². The van der Waals surface area contributed by atoms with E-state index in [1.165, 1.54) is 9.13 Å². The van der Waals surface area contributed by atoms with E-state index in [-0.39, 0.29) is 30.5 Å². The van der Waals surface area contributed by atoms with Gasteiger partial charge in [-0.15, -0.1) is 12.4 Å². The first-order chi connectivity index (χ1) is 9.06. The third-order valence-electron chi connectivity index (χ3n) is 3.86. The lowest BCUT2D eigenvalue weighted by Crippen LogP contribution is -2.49. The Morgan fingerprint density at radius 1 is 1.30 bits per heavy atom. The molecule has 0 aliphatic carbocycles. The van der Waals surface area contributed by atoms with Gasteiger partial charge in [0.25, 0.3) is 0 Å². The van der Waals surface area contributed by atoms with Crippen LogP contribution in [0.3, 0.4) is 0 Å². The second-order valence-corrected chi connectivity index (χ2v) is 7.02. The summed E-state index contributed by atoms with van der Waals surface area (Å²) in [6.07, 6.45) is 0. The van der Waals surface area contributed by atoms with Gasteiger partial charge in [-0.1, -0.05) is 32.0 Å². The SMILES string of the molecule is CC(C)(CO)[C@@H](c1ccccc1I)N1CCNCC1.Cl. The van der Waals surface area contributed by atoms with Crippen LogP contribution < -0.4 is 5.32 Å². The van der Waals surface area contributed by atoms with Crippen molar-refractivity contribution in [1.29, 1.82) is 0 Å². The molecule has 20 heavy (non-hydrogen) atoms. The molecule has 3 nitrogen and oxygen atoms in total. The fourth-order valence-corrected chi connectivity index (χ4v) is 3.52. The van der Waals surface area contributed by atoms with Gasteiger partial charge in [-0.25, -0.2) is 0 Å². The Labute approximate surface area is 141 Å². The minimum Gasteiger partial charge on any atom is -0.396 e. The van der Waals surface area contributed by atoms with Gasteiger partial charge in [0.05, 0.1) is 0 Å². The predicted octanol–water partition coefficient (Wildman–Crippen LogP) is 2.68. The van der Waals surface area contributed by atoms with Crippen molar-refractivity contribution in [2.24, 2.45) is 5.41 Å². The van der Waals surface area contributed by atoms with Crippen LogP contribution in [-0.2, 0) is 0 Å². The lowest BCUT2D eigenvalue weighted by molar-refractivity contribution is 0.0301. The molecule has 2 rings (SSSR count). The van der Waals surface area contributed by atoms with Crippen LogP contribution in [0.4, 0.5) is 0 Å². The second-order valence-electron chi connectivity index (χ2n) is 5.86. The number of rotatable bonds is 4. The maximum Gasteiger partial charge on any atom is 0.0500 e. The molecular formula is C15H24ClIN2O. The van der Waals surface area contributed by atoms with Crippen LogP contribution in [0.25, 0.3) is 0 Å². The molecule has 0 radical (unpaired) electrons. The lowest BCUT2D eigenvalue weighted by Gasteiger charge is -2.43. The molecule has 0 amide bonds. The summed E-state index contributed by atoms with van der Waals surface area (Å²) in [7, 11) is 0. The van der Waals surface area contributed by atoms with Gasteiger partial charge in [-0.2, -0.15) is 0 Å². The molecular weight excluding hydrogens is 387 g/mol. The van der Waals surface area contributed by atoms with Gasteiger partial charge in [0.2, 0.25) is 0 Å². The summed E-state index contributed by atoms with van der Waals surface area (Å²) in [5.41, 5.74) is 1.20. The smallest absolute Gasteiger partial charge is 0.0500 e. The molecule has 1 aliphatic rings. The van der Waals surface area contributed by atoms with Crippen molar-refractivity contribution in [1.82, 2.24) is 10.2 Å². The first-order valence-corrected chi connectivity index (χ1v) is 7.94. The quantitative estimate of drug-likeness (QED) is 0.749. The van der Waals surface area contributed by atoms with Crippen molar-refractivity contribution in [3.63, 3.8) is 0 Å². The Morgan fingerprint density at radius 3 is 2.45 bits per heavy atom. The molecule has 1 atom stereocenters. The summed E-state index contributed by atoms with van der Waals surface area (Å²) < 4.78 is 1.28. The van der Waals surface area contributed by atoms with E-state index >= 15 is 0 Å². The molecule has 1 saturated heterocycles. The van der Waals surface area contributed by atoms with Gasteiger partial charge in [0.1, 0.15) is 0 Å². The Hall–Kier alpha value is 0.120. The minimum atomic E-state index is -0.140.